The quantitative estimate of drug-likeness (QED) is 0.602. The molecule has 0 aliphatic heterocycles. The second kappa shape index (κ2) is 5.10. The molecule has 17 heavy (non-hydrogen) atoms. The summed E-state index contributed by atoms with van der Waals surface area (Å²) < 4.78 is 12.8. The molecule has 0 saturated carbocycles. The van der Waals surface area contributed by atoms with E-state index in [1.165, 1.54) is 23.5 Å². The largest absolute Gasteiger partial charge is 0.292 e. The van der Waals surface area contributed by atoms with Crippen LogP contribution in [0.15, 0.2) is 35.7 Å². The minimum atomic E-state index is -0.416. The molecule has 0 aliphatic carbocycles. The van der Waals surface area contributed by atoms with Crippen LogP contribution in [0.1, 0.15) is 25.6 Å². The number of halogens is 2. The van der Waals surface area contributed by atoms with Gasteiger partial charge in [0.15, 0.2) is 5.78 Å². The fourth-order valence-corrected chi connectivity index (χ4v) is 3.04. The van der Waals surface area contributed by atoms with E-state index in [0.29, 0.717) is 4.88 Å². The molecule has 0 bridgehead atoms. The molecule has 2 rings (SSSR count). The van der Waals surface area contributed by atoms with E-state index >= 15 is 0 Å². The Morgan fingerprint density at radius 1 is 1.35 bits per heavy atom. The molecule has 0 N–H and O–H groups in total. The number of rotatable bonds is 3. The lowest BCUT2D eigenvalue weighted by Gasteiger charge is -2.07. The highest BCUT2D eigenvalue weighted by Gasteiger charge is 2.20. The first-order chi connectivity index (χ1) is 8.08. The third kappa shape index (κ3) is 2.82. The van der Waals surface area contributed by atoms with E-state index in [9.17, 15) is 9.18 Å². The van der Waals surface area contributed by atoms with Crippen LogP contribution in [0, 0.1) is 12.7 Å². The Hall–Kier alpha value is -1.00. The molecule has 1 aromatic carbocycles. The lowest BCUT2D eigenvalue weighted by atomic mass is 10.1. The molecule has 1 heterocycles. The molecule has 0 radical (unpaired) electrons. The number of hydrogen-bond acceptors (Lipinski definition) is 2. The van der Waals surface area contributed by atoms with Gasteiger partial charge in [-0.3, -0.25) is 4.79 Å². The Morgan fingerprint density at radius 2 is 2.00 bits per heavy atom. The van der Waals surface area contributed by atoms with Crippen molar-refractivity contribution in [2.24, 2.45) is 0 Å². The topological polar surface area (TPSA) is 17.1 Å². The Kier molecular flexibility index (Phi) is 3.74. The zero-order valence-electron chi connectivity index (χ0n) is 9.11. The predicted octanol–water partition coefficient (Wildman–Crippen LogP) is 4.51. The normalized spacial score (nSPS) is 12.4. The van der Waals surface area contributed by atoms with Gasteiger partial charge >= 0.3 is 0 Å². The molecule has 0 saturated heterocycles. The molecular formula is C13H10BrFOS. The lowest BCUT2D eigenvalue weighted by Crippen LogP contribution is -2.05. The van der Waals surface area contributed by atoms with Crippen LogP contribution >= 0.6 is 27.3 Å². The summed E-state index contributed by atoms with van der Waals surface area (Å²) in [5.41, 5.74) is 1.85. The van der Waals surface area contributed by atoms with Gasteiger partial charge in [-0.15, -0.1) is 11.3 Å². The first-order valence-corrected chi connectivity index (χ1v) is 6.86. The van der Waals surface area contributed by atoms with Crippen LogP contribution in [-0.2, 0) is 0 Å². The standard InChI is InChI=1S/C13H10BrFOS/c1-8-6-11(17-7-8)13(16)12(14)9-2-4-10(15)5-3-9/h2-7,12H,1H3. The van der Waals surface area contributed by atoms with Crippen LogP contribution in [0.5, 0.6) is 0 Å². The van der Waals surface area contributed by atoms with E-state index in [2.05, 4.69) is 15.9 Å². The summed E-state index contributed by atoms with van der Waals surface area (Å²) in [5.74, 6) is -0.289. The molecule has 1 nitrogen and oxygen atoms in total. The molecule has 4 heteroatoms. The van der Waals surface area contributed by atoms with Gasteiger partial charge in [-0.05, 0) is 41.6 Å². The van der Waals surface area contributed by atoms with Gasteiger partial charge in [0, 0.05) is 0 Å². The summed E-state index contributed by atoms with van der Waals surface area (Å²) in [7, 11) is 0. The van der Waals surface area contributed by atoms with Crippen molar-refractivity contribution in [2.75, 3.05) is 0 Å². The molecule has 0 amide bonds. The van der Waals surface area contributed by atoms with Crippen molar-refractivity contribution >= 4 is 33.0 Å². The molecule has 1 atom stereocenters. The van der Waals surface area contributed by atoms with Crippen molar-refractivity contribution in [3.05, 3.63) is 57.5 Å². The maximum atomic E-state index is 12.8. The molecular weight excluding hydrogens is 303 g/mol. The van der Waals surface area contributed by atoms with E-state index in [0.717, 1.165) is 11.1 Å². The van der Waals surface area contributed by atoms with Crippen molar-refractivity contribution in [3.8, 4) is 0 Å². The molecule has 88 valence electrons. The second-order valence-electron chi connectivity index (χ2n) is 3.77. The van der Waals surface area contributed by atoms with E-state index in [1.807, 2.05) is 18.4 Å². The monoisotopic (exact) mass is 312 g/mol. The third-order valence-electron chi connectivity index (χ3n) is 2.37. The van der Waals surface area contributed by atoms with E-state index < -0.39 is 4.83 Å². The van der Waals surface area contributed by atoms with Gasteiger partial charge in [0.05, 0.1) is 4.88 Å². The van der Waals surface area contributed by atoms with Gasteiger partial charge in [0.25, 0.3) is 0 Å². The molecule has 0 aliphatic rings. The highest BCUT2D eigenvalue weighted by molar-refractivity contribution is 9.09. The van der Waals surface area contributed by atoms with Gasteiger partial charge in [-0.25, -0.2) is 4.39 Å². The van der Waals surface area contributed by atoms with Crippen molar-refractivity contribution in [1.82, 2.24) is 0 Å². The van der Waals surface area contributed by atoms with Gasteiger partial charge in [0.2, 0.25) is 0 Å². The molecule has 0 spiro atoms. The van der Waals surface area contributed by atoms with Crippen LogP contribution in [0.4, 0.5) is 4.39 Å². The third-order valence-corrected chi connectivity index (χ3v) is 4.37. The smallest absolute Gasteiger partial charge is 0.190 e. The molecule has 1 unspecified atom stereocenters. The van der Waals surface area contributed by atoms with Crippen LogP contribution in [-0.4, -0.2) is 5.78 Å². The summed E-state index contributed by atoms with van der Waals surface area (Å²) in [6.45, 7) is 1.95. The second-order valence-corrected chi connectivity index (χ2v) is 5.59. The van der Waals surface area contributed by atoms with Crippen LogP contribution in [0.3, 0.4) is 0 Å². The number of ketones is 1. The van der Waals surface area contributed by atoms with Gasteiger partial charge < -0.3 is 0 Å². The Labute approximate surface area is 111 Å². The number of alkyl halides is 1. The fraction of sp³-hybridized carbons (Fsp3) is 0.154. The van der Waals surface area contributed by atoms with E-state index in [-0.39, 0.29) is 11.6 Å². The van der Waals surface area contributed by atoms with Crippen molar-refractivity contribution in [3.63, 3.8) is 0 Å². The Bertz CT molecular complexity index is 533. The average Bonchev–Trinajstić information content (AvgIpc) is 2.75. The predicted molar refractivity (Wildman–Crippen MR) is 71.5 cm³/mol. The Balaban J connectivity index is 2.23. The van der Waals surface area contributed by atoms with Crippen molar-refractivity contribution in [2.45, 2.75) is 11.8 Å². The number of carbonyl (C=O) groups is 1. The van der Waals surface area contributed by atoms with Crippen molar-refractivity contribution < 1.29 is 9.18 Å². The zero-order chi connectivity index (χ0) is 12.4. The number of benzene rings is 1. The molecule has 0 fully saturated rings. The maximum Gasteiger partial charge on any atom is 0.190 e. The number of aryl methyl sites for hydroxylation is 1. The van der Waals surface area contributed by atoms with Gasteiger partial charge in [-0.2, -0.15) is 0 Å². The fourth-order valence-electron chi connectivity index (χ4n) is 1.47. The summed E-state index contributed by atoms with van der Waals surface area (Å²) in [6, 6.07) is 7.82. The van der Waals surface area contributed by atoms with Crippen molar-refractivity contribution in [1.29, 1.82) is 0 Å². The number of hydrogen-bond donors (Lipinski definition) is 0. The number of Topliss-reactive ketones (excluding diaryl/α,β-unsaturated/α-hetero) is 1. The zero-order valence-corrected chi connectivity index (χ0v) is 11.5. The summed E-state index contributed by atoms with van der Waals surface area (Å²) >= 11 is 4.79. The maximum absolute atomic E-state index is 12.8. The van der Waals surface area contributed by atoms with E-state index in [1.54, 1.807) is 12.1 Å². The first kappa shape index (κ1) is 12.5. The highest BCUT2D eigenvalue weighted by Crippen LogP contribution is 2.29. The van der Waals surface area contributed by atoms with Crippen LogP contribution in [0.2, 0.25) is 0 Å². The number of carbonyl (C=O) groups excluding carboxylic acids is 1. The Morgan fingerprint density at radius 3 is 2.53 bits per heavy atom. The average molecular weight is 313 g/mol. The molecule has 1 aromatic heterocycles. The highest BCUT2D eigenvalue weighted by atomic mass is 79.9. The summed E-state index contributed by atoms with van der Waals surface area (Å²) in [6.07, 6.45) is 0. The summed E-state index contributed by atoms with van der Waals surface area (Å²) in [5, 5.41) is 1.94. The minimum absolute atomic E-state index is 0.00899. The van der Waals surface area contributed by atoms with Crippen LogP contribution in [0.25, 0.3) is 0 Å². The number of thiophene rings is 1. The van der Waals surface area contributed by atoms with Crippen LogP contribution < -0.4 is 0 Å². The molecule has 2 aromatic rings. The SMILES string of the molecule is Cc1csc(C(=O)C(Br)c2ccc(F)cc2)c1. The van der Waals surface area contributed by atoms with Gasteiger partial charge in [-0.1, -0.05) is 28.1 Å². The first-order valence-electron chi connectivity index (χ1n) is 5.07. The lowest BCUT2D eigenvalue weighted by molar-refractivity contribution is 0.0995. The minimum Gasteiger partial charge on any atom is -0.292 e. The summed E-state index contributed by atoms with van der Waals surface area (Å²) in [4.78, 5) is 12.4. The van der Waals surface area contributed by atoms with E-state index in [4.69, 9.17) is 0 Å². The van der Waals surface area contributed by atoms with Gasteiger partial charge in [0.1, 0.15) is 10.6 Å².